The van der Waals surface area contributed by atoms with Crippen molar-refractivity contribution in [3.05, 3.63) is 29.8 Å². The molecule has 2 atom stereocenters. The molecule has 1 aliphatic carbocycles. The van der Waals surface area contributed by atoms with Crippen molar-refractivity contribution in [1.82, 2.24) is 10.2 Å². The lowest BCUT2D eigenvalue weighted by molar-refractivity contribution is -0.137. The molecule has 0 radical (unpaired) electrons. The van der Waals surface area contributed by atoms with E-state index in [1.165, 1.54) is 0 Å². The first-order valence-electron chi connectivity index (χ1n) is 8.49. The first-order valence-corrected chi connectivity index (χ1v) is 8.49. The fourth-order valence-electron chi connectivity index (χ4n) is 2.90. The minimum absolute atomic E-state index is 0.0132. The monoisotopic (exact) mass is 332 g/mol. The van der Waals surface area contributed by atoms with Crippen LogP contribution >= 0.6 is 0 Å². The second kappa shape index (κ2) is 7.24. The Morgan fingerprint density at radius 3 is 2.38 bits per heavy atom. The number of amides is 2. The van der Waals surface area contributed by atoms with Gasteiger partial charge in [0.1, 0.15) is 5.75 Å². The van der Waals surface area contributed by atoms with Crippen LogP contribution in [0.3, 0.4) is 0 Å². The molecule has 1 N–H and O–H groups in total. The summed E-state index contributed by atoms with van der Waals surface area (Å²) in [4.78, 5) is 26.4. The number of nitrogens with one attached hydrogen (secondary N) is 1. The maximum atomic E-state index is 12.7. The van der Waals surface area contributed by atoms with Crippen LogP contribution in [0.4, 0.5) is 0 Å². The SMILES string of the molecule is CCN(CC(=O)NC(C)(C)C)C(=O)[C@H]1C[C@@H]1c1ccc(OC)cc1. The second-order valence-corrected chi connectivity index (χ2v) is 7.37. The van der Waals surface area contributed by atoms with Gasteiger partial charge in [-0.2, -0.15) is 0 Å². The molecular formula is C19H28N2O3. The summed E-state index contributed by atoms with van der Waals surface area (Å²) in [5.74, 6) is 1.02. The average molecular weight is 332 g/mol. The largest absolute Gasteiger partial charge is 0.497 e. The number of hydrogen-bond acceptors (Lipinski definition) is 3. The van der Waals surface area contributed by atoms with Crippen molar-refractivity contribution in [3.8, 4) is 5.75 Å². The van der Waals surface area contributed by atoms with Crippen LogP contribution in [0.1, 0.15) is 45.6 Å². The molecule has 0 heterocycles. The third kappa shape index (κ3) is 4.73. The molecule has 0 aromatic heterocycles. The number of carbonyl (C=O) groups is 2. The number of likely N-dealkylation sites (N-methyl/N-ethyl adjacent to an activating group) is 1. The van der Waals surface area contributed by atoms with Gasteiger partial charge < -0.3 is 15.0 Å². The van der Waals surface area contributed by atoms with E-state index in [1.54, 1.807) is 12.0 Å². The first kappa shape index (κ1) is 18.3. The highest BCUT2D eigenvalue weighted by Gasteiger charge is 2.45. The van der Waals surface area contributed by atoms with Crippen LogP contribution in [0, 0.1) is 5.92 Å². The Morgan fingerprint density at radius 1 is 1.25 bits per heavy atom. The van der Waals surface area contributed by atoms with Gasteiger partial charge in [0.2, 0.25) is 11.8 Å². The van der Waals surface area contributed by atoms with Crippen molar-refractivity contribution in [3.63, 3.8) is 0 Å². The van der Waals surface area contributed by atoms with Crippen LogP contribution in [0.15, 0.2) is 24.3 Å². The van der Waals surface area contributed by atoms with Crippen LogP contribution in [0.2, 0.25) is 0 Å². The summed E-state index contributed by atoms with van der Waals surface area (Å²) < 4.78 is 5.16. The van der Waals surface area contributed by atoms with Gasteiger partial charge >= 0.3 is 0 Å². The Balaban J connectivity index is 1.93. The highest BCUT2D eigenvalue weighted by Crippen LogP contribution is 2.48. The van der Waals surface area contributed by atoms with Gasteiger partial charge in [0.15, 0.2) is 0 Å². The van der Waals surface area contributed by atoms with E-state index >= 15 is 0 Å². The van der Waals surface area contributed by atoms with Gasteiger partial charge in [-0.05, 0) is 57.7 Å². The topological polar surface area (TPSA) is 58.6 Å². The fraction of sp³-hybridized carbons (Fsp3) is 0.579. The Hall–Kier alpha value is -2.04. The van der Waals surface area contributed by atoms with E-state index in [0.29, 0.717) is 6.54 Å². The van der Waals surface area contributed by atoms with Gasteiger partial charge in [0.05, 0.1) is 13.7 Å². The van der Waals surface area contributed by atoms with Crippen molar-refractivity contribution in [2.45, 2.75) is 45.6 Å². The molecule has 0 aliphatic heterocycles. The van der Waals surface area contributed by atoms with Crippen molar-refractivity contribution in [2.75, 3.05) is 20.2 Å². The van der Waals surface area contributed by atoms with Crippen molar-refractivity contribution in [2.24, 2.45) is 5.92 Å². The molecule has 1 fully saturated rings. The molecule has 2 amide bonds. The van der Waals surface area contributed by atoms with E-state index in [-0.39, 0.29) is 35.7 Å². The van der Waals surface area contributed by atoms with Gasteiger partial charge in [-0.15, -0.1) is 0 Å². The fourth-order valence-corrected chi connectivity index (χ4v) is 2.90. The maximum Gasteiger partial charge on any atom is 0.240 e. The summed E-state index contributed by atoms with van der Waals surface area (Å²) in [6.45, 7) is 8.38. The number of methoxy groups -OCH3 is 1. The van der Waals surface area contributed by atoms with Crippen LogP contribution in [0.5, 0.6) is 5.75 Å². The molecule has 0 saturated heterocycles. The molecule has 0 bridgehead atoms. The van der Waals surface area contributed by atoms with Crippen molar-refractivity contribution < 1.29 is 14.3 Å². The number of carbonyl (C=O) groups excluding carboxylic acids is 2. The van der Waals surface area contributed by atoms with Crippen molar-refractivity contribution >= 4 is 11.8 Å². The Kier molecular flexibility index (Phi) is 5.52. The Morgan fingerprint density at radius 2 is 1.88 bits per heavy atom. The smallest absolute Gasteiger partial charge is 0.240 e. The Labute approximate surface area is 144 Å². The van der Waals surface area contributed by atoms with E-state index in [1.807, 2.05) is 52.0 Å². The van der Waals surface area contributed by atoms with Gasteiger partial charge in [0, 0.05) is 18.0 Å². The predicted molar refractivity (Wildman–Crippen MR) is 94.0 cm³/mol. The summed E-state index contributed by atoms with van der Waals surface area (Å²) >= 11 is 0. The summed E-state index contributed by atoms with van der Waals surface area (Å²) in [7, 11) is 1.64. The molecular weight excluding hydrogens is 304 g/mol. The number of ether oxygens (including phenoxy) is 1. The minimum Gasteiger partial charge on any atom is -0.497 e. The standard InChI is InChI=1S/C19H28N2O3/c1-6-21(12-17(22)20-19(2,3)4)18(23)16-11-15(16)13-7-9-14(24-5)10-8-13/h7-10,15-16H,6,11-12H2,1-5H3,(H,20,22)/t15-,16+/m1/s1. The zero-order valence-electron chi connectivity index (χ0n) is 15.3. The quantitative estimate of drug-likeness (QED) is 0.871. The zero-order chi connectivity index (χ0) is 17.9. The Bertz CT molecular complexity index is 590. The van der Waals surface area contributed by atoms with Crippen LogP contribution in [-0.4, -0.2) is 42.5 Å². The summed E-state index contributed by atoms with van der Waals surface area (Å²) in [6, 6.07) is 7.87. The van der Waals surface area contributed by atoms with E-state index in [2.05, 4.69) is 5.32 Å². The van der Waals surface area contributed by atoms with Crippen LogP contribution in [-0.2, 0) is 9.59 Å². The third-order valence-corrected chi connectivity index (χ3v) is 4.19. The molecule has 132 valence electrons. The van der Waals surface area contributed by atoms with Gasteiger partial charge in [-0.25, -0.2) is 0 Å². The van der Waals surface area contributed by atoms with E-state index in [0.717, 1.165) is 17.7 Å². The molecule has 1 aromatic rings. The molecule has 24 heavy (non-hydrogen) atoms. The molecule has 5 heteroatoms. The number of nitrogens with zero attached hydrogens (tertiary/aromatic N) is 1. The summed E-state index contributed by atoms with van der Waals surface area (Å²) in [5, 5.41) is 2.91. The molecule has 0 spiro atoms. The summed E-state index contributed by atoms with van der Waals surface area (Å²) in [5.41, 5.74) is 0.870. The van der Waals surface area contributed by atoms with Gasteiger partial charge in [-0.3, -0.25) is 9.59 Å². The molecule has 1 aliphatic rings. The van der Waals surface area contributed by atoms with E-state index < -0.39 is 0 Å². The number of rotatable bonds is 6. The normalized spacial score (nSPS) is 19.5. The molecule has 5 nitrogen and oxygen atoms in total. The van der Waals surface area contributed by atoms with Gasteiger partial charge in [-0.1, -0.05) is 12.1 Å². The first-order chi connectivity index (χ1) is 11.2. The van der Waals surface area contributed by atoms with Crippen LogP contribution < -0.4 is 10.1 Å². The van der Waals surface area contributed by atoms with Gasteiger partial charge in [0.25, 0.3) is 0 Å². The maximum absolute atomic E-state index is 12.7. The molecule has 1 saturated carbocycles. The minimum atomic E-state index is -0.287. The summed E-state index contributed by atoms with van der Waals surface area (Å²) in [6.07, 6.45) is 0.850. The predicted octanol–water partition coefficient (Wildman–Crippen LogP) is 2.56. The molecule has 0 unspecified atom stereocenters. The zero-order valence-corrected chi connectivity index (χ0v) is 15.3. The highest BCUT2D eigenvalue weighted by atomic mass is 16.5. The third-order valence-electron chi connectivity index (χ3n) is 4.19. The lowest BCUT2D eigenvalue weighted by Gasteiger charge is -2.25. The van der Waals surface area contributed by atoms with E-state index in [9.17, 15) is 9.59 Å². The van der Waals surface area contributed by atoms with Crippen LogP contribution in [0.25, 0.3) is 0 Å². The lowest BCUT2D eigenvalue weighted by Crippen LogP contribution is -2.47. The molecule has 1 aromatic carbocycles. The number of benzene rings is 1. The number of hydrogen-bond donors (Lipinski definition) is 1. The highest BCUT2D eigenvalue weighted by molar-refractivity contribution is 5.88. The van der Waals surface area contributed by atoms with E-state index in [4.69, 9.17) is 4.74 Å². The lowest BCUT2D eigenvalue weighted by atomic mass is 10.1. The average Bonchev–Trinajstić information content (AvgIpc) is 3.31. The second-order valence-electron chi connectivity index (χ2n) is 7.37. The molecule has 2 rings (SSSR count). The van der Waals surface area contributed by atoms with Crippen molar-refractivity contribution in [1.29, 1.82) is 0 Å².